The fourth-order valence-corrected chi connectivity index (χ4v) is 9.19. The number of hydrogen-bond donors (Lipinski definition) is 0. The first-order chi connectivity index (χ1) is 9.51. The number of rotatable bonds is 4. The zero-order valence-corrected chi connectivity index (χ0v) is 15.8. The van der Waals surface area contributed by atoms with Gasteiger partial charge in [0.15, 0.2) is 0 Å². The predicted molar refractivity (Wildman–Crippen MR) is 99.5 cm³/mol. The molecule has 0 amide bonds. The van der Waals surface area contributed by atoms with Gasteiger partial charge in [0.1, 0.15) is 22.0 Å². The second-order valence-corrected chi connectivity index (χ2v) is 13.5. The molecule has 7 atom stereocenters. The summed E-state index contributed by atoms with van der Waals surface area (Å²) in [7, 11) is 0. The largest absolute Gasteiger partial charge is 0.369 e. The maximum atomic E-state index is 6.59. The van der Waals surface area contributed by atoms with Crippen molar-refractivity contribution in [3.8, 4) is 0 Å². The van der Waals surface area contributed by atoms with Crippen molar-refractivity contribution >= 4 is 46.1 Å². The highest BCUT2D eigenvalue weighted by molar-refractivity contribution is 14.2. The van der Waals surface area contributed by atoms with Gasteiger partial charge in [-0.15, -0.1) is 11.6 Å². The highest BCUT2D eigenvalue weighted by Gasteiger charge is 2.74. The third-order valence-electron chi connectivity index (χ3n) is 5.98. The minimum Gasteiger partial charge on any atom is -0.122 e. The number of alkyl halides is 1. The van der Waals surface area contributed by atoms with Gasteiger partial charge in [-0.05, 0) is 55.3 Å². The average molecular weight is 416 g/mol. The van der Waals surface area contributed by atoms with Crippen molar-refractivity contribution < 1.29 is 0 Å². The molecule has 0 heterocycles. The molecule has 105 valence electrons. The first-order valence-electron chi connectivity index (χ1n) is 7.59. The Bertz CT molecular complexity index is 522. The summed E-state index contributed by atoms with van der Waals surface area (Å²) in [5, 5.41) is 0.795. The van der Waals surface area contributed by atoms with Gasteiger partial charge in [-0.2, -0.15) is 0 Å². The lowest BCUT2D eigenvalue weighted by Gasteiger charge is -2.26. The molecule has 1 aromatic carbocycles. The Morgan fingerprint density at radius 1 is 1.20 bits per heavy atom. The van der Waals surface area contributed by atoms with Gasteiger partial charge in [-0.1, -0.05) is 30.3 Å². The van der Waals surface area contributed by atoms with Crippen LogP contribution in [-0.4, -0.2) is 12.4 Å². The zero-order valence-electron chi connectivity index (χ0n) is 11.9. The Morgan fingerprint density at radius 3 is 2.40 bits per heavy atom. The topological polar surface area (TPSA) is 0 Å². The number of halogens is 2. The van der Waals surface area contributed by atoms with Gasteiger partial charge >= 0.3 is 7.00 Å². The van der Waals surface area contributed by atoms with Gasteiger partial charge in [0.05, 0.1) is 5.16 Å². The van der Waals surface area contributed by atoms with Crippen molar-refractivity contribution in [3.63, 3.8) is 0 Å². The Balaban J connectivity index is 1.50. The monoisotopic (exact) mass is 416 g/mol. The smallest absolute Gasteiger partial charge is 0.122 e. The van der Waals surface area contributed by atoms with Crippen molar-refractivity contribution in [2.24, 2.45) is 23.7 Å². The standard InChI is InChI=1S/C16H20BClIP/c1-16(2,9-6-4-3-5-7-9)20(19)17-14-11-8-10-12(14)13(10)15(11)18/h3-7,10-15,20H,8H2,1-2H3/q+1. The minimum atomic E-state index is -0.550. The van der Waals surface area contributed by atoms with Gasteiger partial charge in [-0.3, -0.25) is 0 Å². The van der Waals surface area contributed by atoms with Gasteiger partial charge in [-0.25, -0.2) is 0 Å². The van der Waals surface area contributed by atoms with E-state index in [-0.39, 0.29) is 0 Å². The van der Waals surface area contributed by atoms with Crippen LogP contribution in [0.25, 0.3) is 0 Å². The summed E-state index contributed by atoms with van der Waals surface area (Å²) < 4.78 is 0. The summed E-state index contributed by atoms with van der Waals surface area (Å²) >= 11 is 9.34. The number of benzene rings is 1. The normalized spacial score (nSPS) is 42.6. The fraction of sp³-hybridized carbons (Fsp3) is 0.625. The fourth-order valence-electron chi connectivity index (χ4n) is 4.72. The van der Waals surface area contributed by atoms with Crippen LogP contribution in [0.1, 0.15) is 25.8 Å². The third kappa shape index (κ3) is 1.97. The Kier molecular flexibility index (Phi) is 3.49. The molecule has 0 aliphatic heterocycles. The summed E-state index contributed by atoms with van der Waals surface area (Å²) in [4.78, 5) is 0. The lowest BCUT2D eigenvalue weighted by molar-refractivity contribution is 0.607. The Labute approximate surface area is 141 Å². The van der Waals surface area contributed by atoms with Crippen LogP contribution in [0.5, 0.6) is 0 Å². The van der Waals surface area contributed by atoms with E-state index in [1.54, 1.807) is 0 Å². The van der Waals surface area contributed by atoms with Crippen LogP contribution < -0.4 is 0 Å². The summed E-state index contributed by atoms with van der Waals surface area (Å²) in [6, 6.07) is 11.0. The number of hydrogen-bond acceptors (Lipinski definition) is 0. The lowest BCUT2D eigenvalue weighted by Crippen LogP contribution is -2.19. The summed E-state index contributed by atoms with van der Waals surface area (Å²) in [5.74, 6) is 4.48. The van der Waals surface area contributed by atoms with E-state index in [2.05, 4.69) is 73.2 Å². The molecule has 5 rings (SSSR count). The van der Waals surface area contributed by atoms with Crippen molar-refractivity contribution in [2.45, 2.75) is 36.6 Å². The van der Waals surface area contributed by atoms with E-state index in [1.807, 2.05) is 0 Å². The maximum Gasteiger partial charge on any atom is 0.369 e. The van der Waals surface area contributed by atoms with E-state index in [4.69, 9.17) is 11.6 Å². The summed E-state index contributed by atoms with van der Waals surface area (Å²) in [6.07, 6.45) is 1.42. The second-order valence-electron chi connectivity index (χ2n) is 7.25. The third-order valence-corrected chi connectivity index (χ3v) is 13.9. The van der Waals surface area contributed by atoms with Crippen LogP contribution in [0.4, 0.5) is 0 Å². The van der Waals surface area contributed by atoms with Gasteiger partial charge in [0.25, 0.3) is 0 Å². The molecule has 4 saturated carbocycles. The van der Waals surface area contributed by atoms with Gasteiger partial charge in [0.2, 0.25) is 0 Å². The molecule has 4 bridgehead atoms. The molecule has 4 aliphatic carbocycles. The second kappa shape index (κ2) is 4.86. The summed E-state index contributed by atoms with van der Waals surface area (Å²) in [5.41, 5.74) is 0.936. The van der Waals surface area contributed by atoms with E-state index in [0.717, 1.165) is 29.5 Å². The van der Waals surface area contributed by atoms with Gasteiger partial charge < -0.3 is 0 Å². The van der Waals surface area contributed by atoms with Crippen molar-refractivity contribution in [2.75, 3.05) is 0 Å². The quantitative estimate of drug-likeness (QED) is 0.267. The molecule has 0 N–H and O–H groups in total. The molecule has 0 aromatic heterocycles. The van der Waals surface area contributed by atoms with Crippen molar-refractivity contribution in [3.05, 3.63) is 35.9 Å². The lowest BCUT2D eigenvalue weighted by atomic mass is 9.78. The summed E-state index contributed by atoms with van der Waals surface area (Å²) in [6.45, 7) is 7.58. The first kappa shape index (κ1) is 14.3. The molecule has 4 aliphatic rings. The Morgan fingerprint density at radius 2 is 1.90 bits per heavy atom. The molecule has 4 fully saturated rings. The maximum absolute atomic E-state index is 6.59. The molecular weight excluding hydrogens is 396 g/mol. The molecule has 0 saturated heterocycles. The van der Waals surface area contributed by atoms with Crippen LogP contribution in [0.2, 0.25) is 5.82 Å². The van der Waals surface area contributed by atoms with E-state index in [1.165, 1.54) is 12.0 Å². The van der Waals surface area contributed by atoms with Crippen LogP contribution in [0.15, 0.2) is 30.3 Å². The van der Waals surface area contributed by atoms with Gasteiger partial charge in [0, 0.05) is 10.8 Å². The van der Waals surface area contributed by atoms with Crippen LogP contribution in [0.3, 0.4) is 0 Å². The Hall–Kier alpha value is 0.735. The molecule has 7 unspecified atom stereocenters. The zero-order chi connectivity index (χ0) is 14.1. The molecular formula is C16H20BClIP+. The van der Waals surface area contributed by atoms with E-state index in [9.17, 15) is 0 Å². The highest BCUT2D eigenvalue weighted by Crippen LogP contribution is 2.79. The SMILES string of the molecule is CC(C)(c1ccccc1)[PH+](I)[B]C1C2CC3C(C2Cl)C13. The van der Waals surface area contributed by atoms with Crippen molar-refractivity contribution in [1.29, 1.82) is 0 Å². The van der Waals surface area contributed by atoms with Crippen LogP contribution in [0, 0.1) is 23.7 Å². The minimum absolute atomic E-state index is 0.297. The average Bonchev–Trinajstić information content (AvgIpc) is 2.76. The highest BCUT2D eigenvalue weighted by atomic mass is 127. The first-order valence-corrected chi connectivity index (χ1v) is 12.7. The van der Waals surface area contributed by atoms with Crippen LogP contribution in [-0.2, 0) is 5.16 Å². The van der Waals surface area contributed by atoms with Crippen molar-refractivity contribution in [1.82, 2.24) is 0 Å². The molecule has 4 heteroatoms. The van der Waals surface area contributed by atoms with E-state index in [0.29, 0.717) is 10.5 Å². The molecule has 0 spiro atoms. The van der Waals surface area contributed by atoms with E-state index < -0.39 is 5.44 Å². The molecule has 20 heavy (non-hydrogen) atoms. The predicted octanol–water partition coefficient (Wildman–Crippen LogP) is 5.40. The molecule has 1 aromatic rings. The molecule has 0 nitrogen and oxygen atoms in total. The molecule has 1 radical (unpaired) electrons. The van der Waals surface area contributed by atoms with E-state index >= 15 is 0 Å². The van der Waals surface area contributed by atoms with Crippen LogP contribution >= 0.6 is 39.1 Å².